The van der Waals surface area contributed by atoms with Gasteiger partial charge in [-0.05, 0) is 13.0 Å². The molecule has 0 saturated carbocycles. The third-order valence-corrected chi connectivity index (χ3v) is 2.34. The maximum Gasteiger partial charge on any atom is 0.145 e. The van der Waals surface area contributed by atoms with Gasteiger partial charge in [-0.2, -0.15) is 5.10 Å². The molecule has 0 bridgehead atoms. The zero-order valence-electron chi connectivity index (χ0n) is 8.67. The number of anilines is 1. The van der Waals surface area contributed by atoms with Gasteiger partial charge in [-0.1, -0.05) is 12.1 Å². The highest BCUT2D eigenvalue weighted by atomic mass is 19.1. The number of aromatic amines is 1. The van der Waals surface area contributed by atoms with Gasteiger partial charge in [-0.3, -0.25) is 5.10 Å². The highest BCUT2D eigenvalue weighted by molar-refractivity contribution is 5.66. The summed E-state index contributed by atoms with van der Waals surface area (Å²) in [5.74, 6) is -0.280. The zero-order valence-corrected chi connectivity index (χ0v) is 8.67. The van der Waals surface area contributed by atoms with E-state index in [-0.39, 0.29) is 11.4 Å². The van der Waals surface area contributed by atoms with Gasteiger partial charge in [0.2, 0.25) is 0 Å². The number of rotatable bonds is 2. The number of H-pyrrole nitrogens is 1. The van der Waals surface area contributed by atoms with Crippen LogP contribution in [0.2, 0.25) is 0 Å². The Morgan fingerprint density at radius 2 is 2.19 bits per heavy atom. The standard InChI is InChI=1S/C11H11F2N3/c1-6(12)11-7(3-2-4-8(11)13)9-5-10(14)16-15-9/h2-6H,1H3,(H3,14,15,16). The summed E-state index contributed by atoms with van der Waals surface area (Å²) in [6, 6.07) is 5.92. The van der Waals surface area contributed by atoms with E-state index in [0.717, 1.165) is 0 Å². The maximum absolute atomic E-state index is 13.5. The summed E-state index contributed by atoms with van der Waals surface area (Å²) in [5.41, 5.74) is 6.42. The van der Waals surface area contributed by atoms with Crippen molar-refractivity contribution in [3.8, 4) is 11.3 Å². The first-order chi connectivity index (χ1) is 7.59. The summed E-state index contributed by atoms with van der Waals surface area (Å²) < 4.78 is 26.8. The van der Waals surface area contributed by atoms with E-state index in [9.17, 15) is 8.78 Å². The quantitative estimate of drug-likeness (QED) is 0.822. The molecule has 0 spiro atoms. The van der Waals surface area contributed by atoms with Crippen molar-refractivity contribution in [2.45, 2.75) is 13.1 Å². The van der Waals surface area contributed by atoms with E-state index in [4.69, 9.17) is 5.73 Å². The first kappa shape index (κ1) is 10.6. The second-order valence-electron chi connectivity index (χ2n) is 3.52. The molecule has 1 atom stereocenters. The number of benzene rings is 1. The van der Waals surface area contributed by atoms with Gasteiger partial charge >= 0.3 is 0 Å². The molecule has 0 aliphatic heterocycles. The molecule has 2 rings (SSSR count). The molecule has 0 aliphatic rings. The molecule has 0 fully saturated rings. The molecule has 1 heterocycles. The number of nitrogen functional groups attached to an aromatic ring is 1. The summed E-state index contributed by atoms with van der Waals surface area (Å²) in [7, 11) is 0. The lowest BCUT2D eigenvalue weighted by molar-refractivity contribution is 0.362. The molecular formula is C11H11F2N3. The number of hydrogen-bond acceptors (Lipinski definition) is 2. The molecule has 1 aromatic carbocycles. The highest BCUT2D eigenvalue weighted by Gasteiger charge is 2.17. The smallest absolute Gasteiger partial charge is 0.145 e. The number of nitrogens with one attached hydrogen (secondary N) is 1. The molecule has 0 amide bonds. The fourth-order valence-corrected chi connectivity index (χ4v) is 1.65. The number of nitrogens with two attached hydrogens (primary N) is 1. The Bertz CT molecular complexity index is 506. The Morgan fingerprint density at radius 3 is 2.75 bits per heavy atom. The zero-order chi connectivity index (χ0) is 11.7. The second kappa shape index (κ2) is 3.92. The van der Waals surface area contributed by atoms with E-state index >= 15 is 0 Å². The van der Waals surface area contributed by atoms with Gasteiger partial charge < -0.3 is 5.73 Å². The Morgan fingerprint density at radius 1 is 1.44 bits per heavy atom. The molecule has 0 saturated heterocycles. The number of hydrogen-bond donors (Lipinski definition) is 2. The monoisotopic (exact) mass is 223 g/mol. The van der Waals surface area contributed by atoms with Gasteiger partial charge in [0.05, 0.1) is 5.69 Å². The average Bonchev–Trinajstić information content (AvgIpc) is 2.63. The predicted molar refractivity (Wildman–Crippen MR) is 57.9 cm³/mol. The first-order valence-electron chi connectivity index (χ1n) is 4.83. The Labute approximate surface area is 91.3 Å². The summed E-state index contributed by atoms with van der Waals surface area (Å²) >= 11 is 0. The van der Waals surface area contributed by atoms with Crippen LogP contribution in [0.3, 0.4) is 0 Å². The number of nitrogens with zero attached hydrogens (tertiary/aromatic N) is 1. The average molecular weight is 223 g/mol. The molecule has 5 heteroatoms. The third-order valence-electron chi connectivity index (χ3n) is 2.34. The molecule has 1 aromatic heterocycles. The van der Waals surface area contributed by atoms with Crippen LogP contribution in [0.5, 0.6) is 0 Å². The topological polar surface area (TPSA) is 54.7 Å². The van der Waals surface area contributed by atoms with Crippen molar-refractivity contribution in [2.75, 3.05) is 5.73 Å². The summed E-state index contributed by atoms with van der Waals surface area (Å²) in [4.78, 5) is 0. The highest BCUT2D eigenvalue weighted by Crippen LogP contribution is 2.31. The largest absolute Gasteiger partial charge is 0.382 e. The number of alkyl halides is 1. The molecule has 0 radical (unpaired) electrons. The van der Waals surface area contributed by atoms with E-state index in [1.807, 2.05) is 0 Å². The van der Waals surface area contributed by atoms with Crippen molar-refractivity contribution in [3.05, 3.63) is 35.6 Å². The van der Waals surface area contributed by atoms with E-state index < -0.39 is 12.0 Å². The third kappa shape index (κ3) is 1.76. The van der Waals surface area contributed by atoms with Crippen LogP contribution in [0.15, 0.2) is 24.3 Å². The summed E-state index contributed by atoms with van der Waals surface area (Å²) in [6.45, 7) is 1.29. The van der Waals surface area contributed by atoms with Crippen LogP contribution in [-0.2, 0) is 0 Å². The normalized spacial score (nSPS) is 12.7. The fraction of sp³-hybridized carbons (Fsp3) is 0.182. The van der Waals surface area contributed by atoms with Gasteiger partial charge in [0.1, 0.15) is 17.8 Å². The molecule has 3 N–H and O–H groups in total. The maximum atomic E-state index is 13.5. The predicted octanol–water partition coefficient (Wildman–Crippen LogP) is 2.83. The molecule has 1 unspecified atom stereocenters. The first-order valence-corrected chi connectivity index (χ1v) is 4.83. The van der Waals surface area contributed by atoms with Gasteiger partial charge in [0.15, 0.2) is 0 Å². The minimum absolute atomic E-state index is 0.0196. The number of aromatic nitrogens is 2. The van der Waals surface area contributed by atoms with Crippen molar-refractivity contribution < 1.29 is 8.78 Å². The van der Waals surface area contributed by atoms with E-state index in [1.54, 1.807) is 12.1 Å². The minimum Gasteiger partial charge on any atom is -0.382 e. The van der Waals surface area contributed by atoms with Crippen molar-refractivity contribution >= 4 is 5.82 Å². The van der Waals surface area contributed by atoms with Gasteiger partial charge in [-0.15, -0.1) is 0 Å². The van der Waals surface area contributed by atoms with E-state index in [0.29, 0.717) is 11.3 Å². The Hall–Kier alpha value is -1.91. The second-order valence-corrected chi connectivity index (χ2v) is 3.52. The Kier molecular flexibility index (Phi) is 2.60. The van der Waals surface area contributed by atoms with Crippen LogP contribution in [-0.4, -0.2) is 10.2 Å². The lowest BCUT2D eigenvalue weighted by Gasteiger charge is -2.09. The van der Waals surface area contributed by atoms with E-state index in [2.05, 4.69) is 10.2 Å². The van der Waals surface area contributed by atoms with Crippen LogP contribution in [0.4, 0.5) is 14.6 Å². The van der Waals surface area contributed by atoms with Gasteiger partial charge in [0.25, 0.3) is 0 Å². The Balaban J connectivity index is 2.60. The number of halogens is 2. The lowest BCUT2D eigenvalue weighted by Crippen LogP contribution is -1.96. The SMILES string of the molecule is CC(F)c1c(F)cccc1-c1cc(N)n[nH]1. The molecule has 2 aromatic rings. The lowest BCUT2D eigenvalue weighted by atomic mass is 10.0. The molecule has 0 aliphatic carbocycles. The van der Waals surface area contributed by atoms with Gasteiger partial charge in [-0.25, -0.2) is 8.78 Å². The van der Waals surface area contributed by atoms with Crippen LogP contribution in [0.25, 0.3) is 11.3 Å². The van der Waals surface area contributed by atoms with Crippen molar-refractivity contribution in [1.29, 1.82) is 0 Å². The van der Waals surface area contributed by atoms with Crippen LogP contribution in [0, 0.1) is 5.82 Å². The van der Waals surface area contributed by atoms with Crippen molar-refractivity contribution in [1.82, 2.24) is 10.2 Å². The molecular weight excluding hydrogens is 212 g/mol. The van der Waals surface area contributed by atoms with Crippen LogP contribution < -0.4 is 5.73 Å². The fourth-order valence-electron chi connectivity index (χ4n) is 1.65. The summed E-state index contributed by atoms with van der Waals surface area (Å²) in [5, 5.41) is 6.37. The van der Waals surface area contributed by atoms with E-state index in [1.165, 1.54) is 19.1 Å². The van der Waals surface area contributed by atoms with Crippen molar-refractivity contribution in [3.63, 3.8) is 0 Å². The molecule has 16 heavy (non-hydrogen) atoms. The molecule has 84 valence electrons. The van der Waals surface area contributed by atoms with Crippen LogP contribution in [0.1, 0.15) is 18.7 Å². The summed E-state index contributed by atoms with van der Waals surface area (Å²) in [6.07, 6.45) is -1.39. The van der Waals surface area contributed by atoms with Crippen molar-refractivity contribution in [2.24, 2.45) is 0 Å². The minimum atomic E-state index is -1.39. The van der Waals surface area contributed by atoms with Gasteiger partial charge in [0, 0.05) is 17.2 Å². The van der Waals surface area contributed by atoms with Crippen LogP contribution >= 0.6 is 0 Å². The molecule has 3 nitrogen and oxygen atoms in total.